The molecule has 0 radical (unpaired) electrons. The average molecular weight is 287 g/mol. The minimum Gasteiger partial charge on any atom is -0.489 e. The highest BCUT2D eigenvalue weighted by Crippen LogP contribution is 2.52. The fourth-order valence-corrected chi connectivity index (χ4v) is 4.46. The van der Waals surface area contributed by atoms with Crippen LogP contribution >= 0.6 is 0 Å². The summed E-state index contributed by atoms with van der Waals surface area (Å²) in [7, 11) is 2.12. The Bertz CT molecular complexity index is 488. The van der Waals surface area contributed by atoms with E-state index < -0.39 is 0 Å². The molecule has 3 rings (SSSR count). The van der Waals surface area contributed by atoms with Gasteiger partial charge >= 0.3 is 0 Å². The standard InChI is InChI=1S/C19H29NO/c1-14-8-9-16(15(2)12-14)21-18-13-17(20-3)19(18)10-6-4-5-7-11-19/h8-9,12,17-18,20H,4-7,10-11,13H2,1-3H3. The third-order valence-corrected chi connectivity index (χ3v) is 5.77. The molecule has 0 aromatic heterocycles. The van der Waals surface area contributed by atoms with E-state index in [9.17, 15) is 0 Å². The van der Waals surface area contributed by atoms with E-state index in [0.29, 0.717) is 17.6 Å². The summed E-state index contributed by atoms with van der Waals surface area (Å²) < 4.78 is 6.48. The quantitative estimate of drug-likeness (QED) is 0.890. The molecule has 1 spiro atoms. The van der Waals surface area contributed by atoms with Gasteiger partial charge in [0, 0.05) is 17.9 Å². The van der Waals surface area contributed by atoms with Crippen LogP contribution in [0.1, 0.15) is 56.1 Å². The summed E-state index contributed by atoms with van der Waals surface area (Å²) in [5, 5.41) is 3.55. The largest absolute Gasteiger partial charge is 0.489 e. The lowest BCUT2D eigenvalue weighted by Gasteiger charge is -2.55. The predicted octanol–water partition coefficient (Wildman–Crippen LogP) is 4.38. The highest BCUT2D eigenvalue weighted by molar-refractivity contribution is 5.36. The summed E-state index contributed by atoms with van der Waals surface area (Å²) in [5.41, 5.74) is 2.96. The van der Waals surface area contributed by atoms with Crippen LogP contribution in [0.5, 0.6) is 5.75 Å². The van der Waals surface area contributed by atoms with Gasteiger partial charge in [0.1, 0.15) is 11.9 Å². The number of rotatable bonds is 3. The van der Waals surface area contributed by atoms with Gasteiger partial charge in [-0.3, -0.25) is 0 Å². The molecule has 1 N–H and O–H groups in total. The van der Waals surface area contributed by atoms with E-state index in [1.165, 1.54) is 49.7 Å². The van der Waals surface area contributed by atoms with Gasteiger partial charge < -0.3 is 10.1 Å². The van der Waals surface area contributed by atoms with Crippen molar-refractivity contribution in [2.24, 2.45) is 5.41 Å². The molecule has 0 aliphatic heterocycles. The lowest BCUT2D eigenvalue weighted by molar-refractivity contribution is -0.0884. The van der Waals surface area contributed by atoms with Crippen molar-refractivity contribution in [3.05, 3.63) is 29.3 Å². The van der Waals surface area contributed by atoms with Crippen LogP contribution in [0.3, 0.4) is 0 Å². The number of nitrogens with one attached hydrogen (secondary N) is 1. The second-order valence-corrected chi connectivity index (χ2v) is 7.10. The minimum absolute atomic E-state index is 0.378. The fraction of sp³-hybridized carbons (Fsp3) is 0.684. The molecule has 2 fully saturated rings. The maximum Gasteiger partial charge on any atom is 0.122 e. The van der Waals surface area contributed by atoms with E-state index in [2.05, 4.69) is 44.4 Å². The van der Waals surface area contributed by atoms with Crippen LogP contribution in [0.4, 0.5) is 0 Å². The number of hydrogen-bond donors (Lipinski definition) is 1. The Hall–Kier alpha value is -1.02. The van der Waals surface area contributed by atoms with Crippen LogP contribution < -0.4 is 10.1 Å². The van der Waals surface area contributed by atoms with Crippen molar-refractivity contribution in [2.45, 2.75) is 70.9 Å². The number of ether oxygens (including phenoxy) is 1. The molecule has 116 valence electrons. The van der Waals surface area contributed by atoms with Gasteiger partial charge in [0.25, 0.3) is 0 Å². The first-order chi connectivity index (χ1) is 10.2. The van der Waals surface area contributed by atoms with Gasteiger partial charge in [0.15, 0.2) is 0 Å². The summed E-state index contributed by atoms with van der Waals surface area (Å²) >= 11 is 0. The van der Waals surface area contributed by atoms with Crippen molar-refractivity contribution in [3.63, 3.8) is 0 Å². The van der Waals surface area contributed by atoms with Gasteiger partial charge in [-0.1, -0.05) is 43.4 Å². The van der Waals surface area contributed by atoms with Crippen LogP contribution in [0, 0.1) is 19.3 Å². The minimum atomic E-state index is 0.378. The topological polar surface area (TPSA) is 21.3 Å². The van der Waals surface area contributed by atoms with Crippen molar-refractivity contribution in [1.82, 2.24) is 5.32 Å². The summed E-state index contributed by atoms with van der Waals surface area (Å²) in [5.74, 6) is 1.09. The zero-order chi connectivity index (χ0) is 14.9. The summed E-state index contributed by atoms with van der Waals surface area (Å²) in [6, 6.07) is 7.19. The molecule has 2 nitrogen and oxygen atoms in total. The molecule has 0 bridgehead atoms. The van der Waals surface area contributed by atoms with E-state index in [1.807, 2.05) is 0 Å². The first-order valence-electron chi connectivity index (χ1n) is 8.57. The third kappa shape index (κ3) is 2.70. The second-order valence-electron chi connectivity index (χ2n) is 7.10. The number of aryl methyl sites for hydroxylation is 2. The molecule has 2 heteroatoms. The molecular formula is C19H29NO. The summed E-state index contributed by atoms with van der Waals surface area (Å²) in [6.45, 7) is 4.31. The molecule has 1 aromatic carbocycles. The van der Waals surface area contributed by atoms with Crippen molar-refractivity contribution >= 4 is 0 Å². The van der Waals surface area contributed by atoms with Crippen LogP contribution in [0.2, 0.25) is 0 Å². The van der Waals surface area contributed by atoms with E-state index >= 15 is 0 Å². The van der Waals surface area contributed by atoms with Crippen molar-refractivity contribution in [2.75, 3.05) is 7.05 Å². The van der Waals surface area contributed by atoms with Gasteiger partial charge in [0.2, 0.25) is 0 Å². The lowest BCUT2D eigenvalue weighted by atomic mass is 9.58. The molecule has 0 heterocycles. The highest BCUT2D eigenvalue weighted by Gasteiger charge is 2.55. The highest BCUT2D eigenvalue weighted by atomic mass is 16.5. The maximum absolute atomic E-state index is 6.48. The van der Waals surface area contributed by atoms with E-state index in [1.54, 1.807) is 0 Å². The molecule has 2 aliphatic carbocycles. The molecule has 2 saturated carbocycles. The normalized spacial score (nSPS) is 28.0. The molecular weight excluding hydrogens is 258 g/mol. The molecule has 21 heavy (non-hydrogen) atoms. The van der Waals surface area contributed by atoms with Crippen LogP contribution in [-0.2, 0) is 0 Å². The van der Waals surface area contributed by atoms with E-state index in [4.69, 9.17) is 4.74 Å². The van der Waals surface area contributed by atoms with Crippen LogP contribution in [-0.4, -0.2) is 19.2 Å². The van der Waals surface area contributed by atoms with Crippen LogP contribution in [0.15, 0.2) is 18.2 Å². The Morgan fingerprint density at radius 3 is 2.43 bits per heavy atom. The Morgan fingerprint density at radius 1 is 1.10 bits per heavy atom. The van der Waals surface area contributed by atoms with Crippen molar-refractivity contribution in [1.29, 1.82) is 0 Å². The van der Waals surface area contributed by atoms with Gasteiger partial charge in [-0.2, -0.15) is 0 Å². The van der Waals surface area contributed by atoms with E-state index in [-0.39, 0.29) is 0 Å². The van der Waals surface area contributed by atoms with Crippen molar-refractivity contribution in [3.8, 4) is 5.75 Å². The SMILES string of the molecule is CNC1CC(Oc2ccc(C)cc2C)C12CCCCCC2. The third-order valence-electron chi connectivity index (χ3n) is 5.77. The first-order valence-corrected chi connectivity index (χ1v) is 8.57. The number of benzene rings is 1. The Balaban J connectivity index is 1.78. The van der Waals surface area contributed by atoms with Gasteiger partial charge in [0.05, 0.1) is 0 Å². The predicted molar refractivity (Wildman–Crippen MR) is 87.9 cm³/mol. The maximum atomic E-state index is 6.48. The van der Waals surface area contributed by atoms with Gasteiger partial charge in [-0.15, -0.1) is 0 Å². The zero-order valence-electron chi connectivity index (χ0n) is 13.7. The monoisotopic (exact) mass is 287 g/mol. The Morgan fingerprint density at radius 2 is 1.81 bits per heavy atom. The van der Waals surface area contributed by atoms with Gasteiger partial charge in [-0.25, -0.2) is 0 Å². The average Bonchev–Trinajstić information content (AvgIpc) is 2.72. The first kappa shape index (κ1) is 14.9. The molecule has 2 atom stereocenters. The van der Waals surface area contributed by atoms with Gasteiger partial charge in [-0.05, 0) is 45.4 Å². The second kappa shape index (κ2) is 6.00. The smallest absolute Gasteiger partial charge is 0.122 e. The van der Waals surface area contributed by atoms with E-state index in [0.717, 1.165) is 12.2 Å². The Labute approximate surface area is 129 Å². The Kier molecular flexibility index (Phi) is 4.26. The molecule has 2 unspecified atom stereocenters. The van der Waals surface area contributed by atoms with Crippen molar-refractivity contribution < 1.29 is 4.74 Å². The summed E-state index contributed by atoms with van der Waals surface area (Å²) in [4.78, 5) is 0. The molecule has 1 aromatic rings. The fourth-order valence-electron chi connectivity index (χ4n) is 4.46. The molecule has 2 aliphatic rings. The number of hydrogen-bond acceptors (Lipinski definition) is 2. The summed E-state index contributed by atoms with van der Waals surface area (Å²) in [6.07, 6.45) is 9.74. The zero-order valence-corrected chi connectivity index (χ0v) is 13.7. The molecule has 0 saturated heterocycles. The lowest BCUT2D eigenvalue weighted by Crippen LogP contribution is -2.64. The molecule has 0 amide bonds. The van der Waals surface area contributed by atoms with Crippen LogP contribution in [0.25, 0.3) is 0 Å².